The van der Waals surface area contributed by atoms with Crippen LogP contribution in [0.2, 0.25) is 0 Å². The van der Waals surface area contributed by atoms with Gasteiger partial charge in [-0.25, -0.2) is 4.39 Å². The molecule has 0 aromatic heterocycles. The Bertz CT molecular complexity index is 1140. The summed E-state index contributed by atoms with van der Waals surface area (Å²) in [5.41, 5.74) is 2.32. The average molecular weight is 449 g/mol. The van der Waals surface area contributed by atoms with Crippen molar-refractivity contribution in [2.75, 3.05) is 25.0 Å². The predicted octanol–water partition coefficient (Wildman–Crippen LogP) is 4.80. The van der Waals surface area contributed by atoms with Crippen molar-refractivity contribution in [2.24, 2.45) is 0 Å². The number of carbonyl (C=O) groups is 1. The molecule has 1 N–H and O–H groups in total. The lowest BCUT2D eigenvalue weighted by Crippen LogP contribution is -2.45. The number of carbonyl (C=O) groups excluding carboxylic acids is 1. The fourth-order valence-corrected chi connectivity index (χ4v) is 4.05. The van der Waals surface area contributed by atoms with Gasteiger partial charge in [-0.05, 0) is 41.8 Å². The van der Waals surface area contributed by atoms with Crippen LogP contribution < -0.4 is 5.32 Å². The number of hydrogen-bond acceptors (Lipinski definition) is 5. The maximum absolute atomic E-state index is 13.5. The van der Waals surface area contributed by atoms with E-state index in [1.54, 1.807) is 31.2 Å². The molecule has 8 heteroatoms. The summed E-state index contributed by atoms with van der Waals surface area (Å²) >= 11 is 0. The maximum atomic E-state index is 13.5. The van der Waals surface area contributed by atoms with Crippen molar-refractivity contribution in [3.8, 4) is 0 Å². The number of nitro benzene ring substituents is 1. The zero-order chi connectivity index (χ0) is 23.4. The number of morpholine rings is 1. The lowest BCUT2D eigenvalue weighted by Gasteiger charge is -2.38. The maximum Gasteiger partial charge on any atom is 0.293 e. The molecule has 3 aromatic rings. The van der Waals surface area contributed by atoms with Gasteiger partial charge in [0.1, 0.15) is 17.5 Å². The third kappa shape index (κ3) is 5.24. The highest BCUT2D eigenvalue weighted by molar-refractivity contribution is 5.97. The zero-order valence-electron chi connectivity index (χ0n) is 18.1. The summed E-state index contributed by atoms with van der Waals surface area (Å²) in [6.07, 6.45) is -0.327. The molecule has 3 aromatic carbocycles. The van der Waals surface area contributed by atoms with E-state index in [4.69, 9.17) is 4.74 Å². The summed E-state index contributed by atoms with van der Waals surface area (Å²) in [6, 6.07) is 19.4. The summed E-state index contributed by atoms with van der Waals surface area (Å²) in [6.45, 7) is 3.06. The molecule has 1 heterocycles. The highest BCUT2D eigenvalue weighted by atomic mass is 19.1. The molecule has 1 aliphatic heterocycles. The Kier molecular flexibility index (Phi) is 6.76. The minimum Gasteiger partial charge on any atom is -0.371 e. The molecule has 33 heavy (non-hydrogen) atoms. The standard InChI is InChI=1S/C25H24FN3O4/c1-17-7-12-21(22(15-17)29(31)32)27-25(30)24(19-5-3-2-4-6-19)28-13-14-33-23(16-28)18-8-10-20(26)11-9-18/h2-12,15,23-24H,13-14,16H2,1H3,(H,27,30). The van der Waals surface area contributed by atoms with Crippen LogP contribution in [0, 0.1) is 22.9 Å². The second-order valence-corrected chi connectivity index (χ2v) is 7.99. The second kappa shape index (κ2) is 9.89. The van der Waals surface area contributed by atoms with Gasteiger partial charge in [-0.3, -0.25) is 19.8 Å². The molecule has 170 valence electrons. The number of nitrogens with zero attached hydrogens (tertiary/aromatic N) is 2. The molecule has 4 rings (SSSR count). The van der Waals surface area contributed by atoms with Crippen molar-refractivity contribution >= 4 is 17.3 Å². The Hall–Kier alpha value is -3.62. The number of anilines is 1. The molecule has 0 bridgehead atoms. The zero-order valence-corrected chi connectivity index (χ0v) is 18.1. The molecule has 2 atom stereocenters. The highest BCUT2D eigenvalue weighted by Gasteiger charge is 2.33. The fraction of sp³-hybridized carbons (Fsp3) is 0.240. The third-order valence-electron chi connectivity index (χ3n) is 5.68. The van der Waals surface area contributed by atoms with Crippen LogP contribution >= 0.6 is 0 Å². The van der Waals surface area contributed by atoms with Crippen molar-refractivity contribution < 1.29 is 18.8 Å². The predicted molar refractivity (Wildman–Crippen MR) is 122 cm³/mol. The molecule has 0 saturated carbocycles. The van der Waals surface area contributed by atoms with E-state index in [-0.39, 0.29) is 29.2 Å². The van der Waals surface area contributed by atoms with Gasteiger partial charge in [-0.2, -0.15) is 0 Å². The van der Waals surface area contributed by atoms with Crippen LogP contribution in [0.15, 0.2) is 72.8 Å². The Labute approximate surface area is 190 Å². The minimum absolute atomic E-state index is 0.152. The van der Waals surface area contributed by atoms with Crippen molar-refractivity contribution in [1.29, 1.82) is 0 Å². The van der Waals surface area contributed by atoms with Gasteiger partial charge in [0, 0.05) is 19.2 Å². The van der Waals surface area contributed by atoms with Crippen molar-refractivity contribution in [2.45, 2.75) is 19.1 Å². The largest absolute Gasteiger partial charge is 0.371 e. The minimum atomic E-state index is -0.682. The quantitative estimate of drug-likeness (QED) is 0.432. The van der Waals surface area contributed by atoms with E-state index in [0.29, 0.717) is 19.7 Å². The second-order valence-electron chi connectivity index (χ2n) is 7.99. The Balaban J connectivity index is 1.63. The number of hydrogen-bond donors (Lipinski definition) is 1. The first kappa shape index (κ1) is 22.6. The first-order valence-electron chi connectivity index (χ1n) is 10.6. The molecule has 0 radical (unpaired) electrons. The summed E-state index contributed by atoms with van der Waals surface area (Å²) in [7, 11) is 0. The van der Waals surface area contributed by atoms with E-state index in [2.05, 4.69) is 5.32 Å². The SMILES string of the molecule is Cc1ccc(NC(=O)C(c2ccccc2)N2CCOC(c3ccc(F)cc3)C2)c([N+](=O)[O-])c1. The summed E-state index contributed by atoms with van der Waals surface area (Å²) in [5, 5.41) is 14.3. The number of ether oxygens (including phenoxy) is 1. The monoisotopic (exact) mass is 449 g/mol. The van der Waals surface area contributed by atoms with Gasteiger partial charge in [0.05, 0.1) is 17.6 Å². The van der Waals surface area contributed by atoms with Crippen LogP contribution in [0.25, 0.3) is 0 Å². The van der Waals surface area contributed by atoms with Crippen molar-refractivity contribution in [1.82, 2.24) is 4.90 Å². The molecule has 7 nitrogen and oxygen atoms in total. The van der Waals surface area contributed by atoms with Gasteiger partial charge < -0.3 is 10.1 Å². The van der Waals surface area contributed by atoms with Gasteiger partial charge >= 0.3 is 0 Å². The van der Waals surface area contributed by atoms with Crippen LogP contribution in [0.3, 0.4) is 0 Å². The smallest absolute Gasteiger partial charge is 0.293 e. The molecule has 1 saturated heterocycles. The molecule has 0 aliphatic carbocycles. The first-order valence-corrected chi connectivity index (χ1v) is 10.6. The number of halogens is 1. The molecule has 1 fully saturated rings. The number of benzene rings is 3. The van der Waals surface area contributed by atoms with Gasteiger partial charge in [-0.15, -0.1) is 0 Å². The average Bonchev–Trinajstić information content (AvgIpc) is 2.82. The summed E-state index contributed by atoms with van der Waals surface area (Å²) in [4.78, 5) is 26.5. The molecule has 1 aliphatic rings. The number of aryl methyl sites for hydroxylation is 1. The molecule has 0 spiro atoms. The van der Waals surface area contributed by atoms with E-state index in [9.17, 15) is 19.3 Å². The van der Waals surface area contributed by atoms with Gasteiger partial charge in [0.25, 0.3) is 5.69 Å². The first-order chi connectivity index (χ1) is 15.9. The number of nitrogens with one attached hydrogen (secondary N) is 1. The highest BCUT2D eigenvalue weighted by Crippen LogP contribution is 2.32. The Morgan fingerprint density at radius 1 is 1.15 bits per heavy atom. The number of rotatable bonds is 6. The van der Waals surface area contributed by atoms with Crippen LogP contribution in [0.5, 0.6) is 0 Å². The van der Waals surface area contributed by atoms with E-state index in [1.165, 1.54) is 18.2 Å². The van der Waals surface area contributed by atoms with Gasteiger partial charge in [0.2, 0.25) is 5.91 Å². The lowest BCUT2D eigenvalue weighted by atomic mass is 10.0. The fourth-order valence-electron chi connectivity index (χ4n) is 4.05. The van der Waals surface area contributed by atoms with E-state index < -0.39 is 11.0 Å². The van der Waals surface area contributed by atoms with Gasteiger partial charge in [0.15, 0.2) is 0 Å². The van der Waals surface area contributed by atoms with Gasteiger partial charge in [-0.1, -0.05) is 48.5 Å². The summed E-state index contributed by atoms with van der Waals surface area (Å²) in [5.74, 6) is -0.694. The number of nitro groups is 1. The topological polar surface area (TPSA) is 84.7 Å². The van der Waals surface area contributed by atoms with Crippen LogP contribution in [0.4, 0.5) is 15.8 Å². The Morgan fingerprint density at radius 3 is 2.58 bits per heavy atom. The molecule has 1 amide bonds. The van der Waals surface area contributed by atoms with Crippen LogP contribution in [0.1, 0.15) is 28.8 Å². The van der Waals surface area contributed by atoms with E-state index in [1.807, 2.05) is 35.2 Å². The number of amides is 1. The molecular formula is C25H24FN3O4. The van der Waals surface area contributed by atoms with E-state index >= 15 is 0 Å². The van der Waals surface area contributed by atoms with Crippen molar-refractivity contribution in [3.05, 3.63) is 105 Å². The van der Waals surface area contributed by atoms with Crippen LogP contribution in [-0.2, 0) is 9.53 Å². The summed E-state index contributed by atoms with van der Waals surface area (Å²) < 4.78 is 19.3. The molecular weight excluding hydrogens is 425 g/mol. The molecule has 2 unspecified atom stereocenters. The third-order valence-corrected chi connectivity index (χ3v) is 5.68. The van der Waals surface area contributed by atoms with Crippen molar-refractivity contribution in [3.63, 3.8) is 0 Å². The Morgan fingerprint density at radius 2 is 1.88 bits per heavy atom. The normalized spacial score (nSPS) is 17.3. The van der Waals surface area contributed by atoms with Crippen LogP contribution in [-0.4, -0.2) is 35.4 Å². The van der Waals surface area contributed by atoms with E-state index in [0.717, 1.165) is 16.7 Å². The lowest BCUT2D eigenvalue weighted by molar-refractivity contribution is -0.384.